The zero-order valence-electron chi connectivity index (χ0n) is 15.4. The predicted octanol–water partition coefficient (Wildman–Crippen LogP) is 2.12. The second-order valence-electron chi connectivity index (χ2n) is 7.48. The number of hydrogen-bond donors (Lipinski definition) is 1. The van der Waals surface area contributed by atoms with Crippen LogP contribution in [0.25, 0.3) is 0 Å². The largest absolute Gasteiger partial charge is 0.350 e. The molecule has 0 aromatic carbocycles. The molecule has 0 spiro atoms. The first-order valence-electron chi connectivity index (χ1n) is 8.59. The second kappa shape index (κ2) is 7.99. The quantitative estimate of drug-likeness (QED) is 0.888. The van der Waals surface area contributed by atoms with Crippen molar-refractivity contribution in [1.29, 1.82) is 0 Å². The van der Waals surface area contributed by atoms with Crippen molar-refractivity contribution in [3.05, 3.63) is 22.4 Å². The maximum absolute atomic E-state index is 12.8. The van der Waals surface area contributed by atoms with Crippen molar-refractivity contribution in [2.75, 3.05) is 20.1 Å². The van der Waals surface area contributed by atoms with Crippen LogP contribution in [0.15, 0.2) is 17.5 Å². The van der Waals surface area contributed by atoms with Gasteiger partial charge in [0.1, 0.15) is 6.04 Å². The number of carbonyl (C=O) groups excluding carboxylic acids is 3. The van der Waals surface area contributed by atoms with Gasteiger partial charge in [0, 0.05) is 19.1 Å². The van der Waals surface area contributed by atoms with Crippen LogP contribution in [-0.2, 0) is 9.59 Å². The normalized spacial score (nSPS) is 17.9. The summed E-state index contributed by atoms with van der Waals surface area (Å²) in [6.07, 6.45) is 2.45. The minimum absolute atomic E-state index is 0.00631. The topological polar surface area (TPSA) is 69.7 Å². The average molecular weight is 365 g/mol. The number of likely N-dealkylation sites (N-methyl/N-ethyl adjacent to an activating group) is 1. The van der Waals surface area contributed by atoms with E-state index in [0.717, 1.165) is 12.8 Å². The van der Waals surface area contributed by atoms with Gasteiger partial charge in [0.05, 0.1) is 11.4 Å². The van der Waals surface area contributed by atoms with Crippen molar-refractivity contribution >= 4 is 29.1 Å². The van der Waals surface area contributed by atoms with Crippen LogP contribution in [0.4, 0.5) is 0 Å². The standard InChI is InChI=1S/C18H27N3O3S/c1-18(2,3)19-15(22)12-20(4)16(23)13-8-5-6-10-21(13)17(24)14-9-7-11-25-14/h7,9,11,13H,5-6,8,10,12H2,1-4H3,(H,19,22). The predicted molar refractivity (Wildman–Crippen MR) is 98.5 cm³/mol. The van der Waals surface area contributed by atoms with Crippen molar-refractivity contribution in [1.82, 2.24) is 15.1 Å². The van der Waals surface area contributed by atoms with Gasteiger partial charge in [-0.25, -0.2) is 0 Å². The summed E-state index contributed by atoms with van der Waals surface area (Å²) in [6, 6.07) is 3.13. The number of nitrogens with one attached hydrogen (secondary N) is 1. The third-order valence-corrected chi connectivity index (χ3v) is 4.91. The van der Waals surface area contributed by atoms with Crippen LogP contribution in [0, 0.1) is 0 Å². The third kappa shape index (κ3) is 5.29. The summed E-state index contributed by atoms with van der Waals surface area (Å²) in [4.78, 5) is 41.3. The Bertz CT molecular complexity index is 622. The van der Waals surface area contributed by atoms with Crippen LogP contribution >= 0.6 is 11.3 Å². The van der Waals surface area contributed by atoms with E-state index in [1.54, 1.807) is 18.0 Å². The van der Waals surface area contributed by atoms with Crippen LogP contribution in [0.5, 0.6) is 0 Å². The van der Waals surface area contributed by atoms with Gasteiger partial charge in [-0.05, 0) is 51.5 Å². The summed E-state index contributed by atoms with van der Waals surface area (Å²) in [6.45, 7) is 6.27. The number of thiophene rings is 1. The molecule has 1 aromatic rings. The summed E-state index contributed by atoms with van der Waals surface area (Å²) in [5, 5.41) is 4.71. The first kappa shape index (κ1) is 19.4. The van der Waals surface area contributed by atoms with Crippen molar-refractivity contribution in [3.63, 3.8) is 0 Å². The SMILES string of the molecule is CN(CC(=O)NC(C)(C)C)C(=O)C1CCCCN1C(=O)c1cccs1. The fourth-order valence-corrected chi connectivity index (χ4v) is 3.66. The smallest absolute Gasteiger partial charge is 0.264 e. The van der Waals surface area contributed by atoms with Gasteiger partial charge < -0.3 is 15.1 Å². The third-order valence-electron chi connectivity index (χ3n) is 4.05. The van der Waals surface area contributed by atoms with E-state index >= 15 is 0 Å². The van der Waals surface area contributed by atoms with E-state index in [9.17, 15) is 14.4 Å². The van der Waals surface area contributed by atoms with Crippen LogP contribution in [0.2, 0.25) is 0 Å². The van der Waals surface area contributed by atoms with Crippen LogP contribution < -0.4 is 5.32 Å². The summed E-state index contributed by atoms with van der Waals surface area (Å²) in [5.74, 6) is -0.468. The highest BCUT2D eigenvalue weighted by Gasteiger charge is 2.35. The van der Waals surface area contributed by atoms with E-state index in [1.165, 1.54) is 16.2 Å². The number of likely N-dealkylation sites (tertiary alicyclic amines) is 1. The van der Waals surface area contributed by atoms with Gasteiger partial charge in [0.2, 0.25) is 11.8 Å². The monoisotopic (exact) mass is 365 g/mol. The maximum atomic E-state index is 12.8. The lowest BCUT2D eigenvalue weighted by molar-refractivity contribution is -0.139. The fourth-order valence-electron chi connectivity index (χ4n) is 2.98. The van der Waals surface area contributed by atoms with E-state index in [4.69, 9.17) is 0 Å². The summed E-state index contributed by atoms with van der Waals surface area (Å²) >= 11 is 1.38. The number of nitrogens with zero attached hydrogens (tertiary/aromatic N) is 2. The molecule has 6 nitrogen and oxygen atoms in total. The highest BCUT2D eigenvalue weighted by atomic mass is 32.1. The van der Waals surface area contributed by atoms with Gasteiger partial charge in [-0.15, -0.1) is 11.3 Å². The highest BCUT2D eigenvalue weighted by molar-refractivity contribution is 7.12. The highest BCUT2D eigenvalue weighted by Crippen LogP contribution is 2.23. The Hall–Kier alpha value is -1.89. The lowest BCUT2D eigenvalue weighted by Gasteiger charge is -2.36. The minimum Gasteiger partial charge on any atom is -0.350 e. The molecule has 0 bridgehead atoms. The van der Waals surface area contributed by atoms with Gasteiger partial charge in [0.25, 0.3) is 5.91 Å². The summed E-state index contributed by atoms with van der Waals surface area (Å²) in [5.41, 5.74) is -0.340. The molecule has 0 aliphatic carbocycles. The van der Waals surface area contributed by atoms with Crippen LogP contribution in [0.1, 0.15) is 49.7 Å². The lowest BCUT2D eigenvalue weighted by Crippen LogP contribution is -2.54. The Morgan fingerprint density at radius 1 is 1.32 bits per heavy atom. The molecule has 1 N–H and O–H groups in total. The van der Waals surface area contributed by atoms with Gasteiger partial charge in [-0.3, -0.25) is 14.4 Å². The lowest BCUT2D eigenvalue weighted by atomic mass is 10.0. The maximum Gasteiger partial charge on any atom is 0.264 e. The zero-order chi connectivity index (χ0) is 18.6. The molecular formula is C18H27N3O3S. The molecule has 2 heterocycles. The number of rotatable bonds is 4. The Labute approximate surface area is 153 Å². The molecule has 2 rings (SSSR count). The fraction of sp³-hybridized carbons (Fsp3) is 0.611. The molecule has 1 unspecified atom stereocenters. The molecular weight excluding hydrogens is 338 g/mol. The Balaban J connectivity index is 2.04. The number of carbonyl (C=O) groups is 3. The van der Waals surface area contributed by atoms with E-state index < -0.39 is 6.04 Å². The summed E-state index contributed by atoms with van der Waals surface area (Å²) in [7, 11) is 1.62. The number of piperidine rings is 1. The van der Waals surface area contributed by atoms with Crippen LogP contribution in [-0.4, -0.2) is 59.2 Å². The van der Waals surface area contributed by atoms with Gasteiger partial charge >= 0.3 is 0 Å². The van der Waals surface area contributed by atoms with E-state index in [1.807, 2.05) is 32.2 Å². The first-order chi connectivity index (χ1) is 11.7. The van der Waals surface area contributed by atoms with Crippen molar-refractivity contribution in [3.8, 4) is 0 Å². The van der Waals surface area contributed by atoms with Crippen molar-refractivity contribution < 1.29 is 14.4 Å². The first-order valence-corrected chi connectivity index (χ1v) is 9.47. The number of hydrogen-bond acceptors (Lipinski definition) is 4. The number of amides is 3. The molecule has 0 saturated carbocycles. The van der Waals surface area contributed by atoms with Gasteiger partial charge in [0.15, 0.2) is 0 Å². The zero-order valence-corrected chi connectivity index (χ0v) is 16.2. The summed E-state index contributed by atoms with van der Waals surface area (Å²) < 4.78 is 0. The second-order valence-corrected chi connectivity index (χ2v) is 8.43. The van der Waals surface area contributed by atoms with Crippen LogP contribution in [0.3, 0.4) is 0 Å². The molecule has 1 saturated heterocycles. The molecule has 1 aliphatic rings. The van der Waals surface area contributed by atoms with Gasteiger partial charge in [-0.2, -0.15) is 0 Å². The Kier molecular flexibility index (Phi) is 6.21. The molecule has 25 heavy (non-hydrogen) atoms. The molecule has 1 aliphatic heterocycles. The molecule has 3 amide bonds. The average Bonchev–Trinajstić information content (AvgIpc) is 3.06. The van der Waals surface area contributed by atoms with Crippen molar-refractivity contribution in [2.24, 2.45) is 0 Å². The molecule has 0 radical (unpaired) electrons. The molecule has 7 heteroatoms. The van der Waals surface area contributed by atoms with E-state index in [-0.39, 0.29) is 29.8 Å². The molecule has 1 atom stereocenters. The van der Waals surface area contributed by atoms with E-state index in [0.29, 0.717) is 17.8 Å². The van der Waals surface area contributed by atoms with Crippen molar-refractivity contribution in [2.45, 2.75) is 51.6 Å². The molecule has 138 valence electrons. The molecule has 1 fully saturated rings. The Morgan fingerprint density at radius 3 is 2.64 bits per heavy atom. The van der Waals surface area contributed by atoms with E-state index in [2.05, 4.69) is 5.32 Å². The Morgan fingerprint density at radius 2 is 2.04 bits per heavy atom. The molecule has 1 aromatic heterocycles. The van der Waals surface area contributed by atoms with Gasteiger partial charge in [-0.1, -0.05) is 6.07 Å². The minimum atomic E-state index is -0.490.